The van der Waals surface area contributed by atoms with Crippen molar-refractivity contribution in [1.29, 1.82) is 0 Å². The maximum Gasteiger partial charge on any atom is 0.225 e. The molecule has 33 heavy (non-hydrogen) atoms. The van der Waals surface area contributed by atoms with Gasteiger partial charge in [0.25, 0.3) is 0 Å². The fourth-order valence-electron chi connectivity index (χ4n) is 4.55. The van der Waals surface area contributed by atoms with Crippen LogP contribution in [0.3, 0.4) is 0 Å². The number of para-hydroxylation sites is 1. The molecule has 2 aromatic carbocycles. The Balaban J connectivity index is 1.14. The molecule has 0 aliphatic heterocycles. The van der Waals surface area contributed by atoms with Gasteiger partial charge in [-0.25, -0.2) is 9.97 Å². The third kappa shape index (κ3) is 4.98. The van der Waals surface area contributed by atoms with Crippen molar-refractivity contribution in [2.24, 2.45) is 0 Å². The van der Waals surface area contributed by atoms with Crippen molar-refractivity contribution in [2.45, 2.75) is 44.3 Å². The van der Waals surface area contributed by atoms with Crippen LogP contribution < -0.4 is 15.5 Å². The second-order valence-corrected chi connectivity index (χ2v) is 8.99. The van der Waals surface area contributed by atoms with E-state index in [-0.39, 0.29) is 0 Å². The summed E-state index contributed by atoms with van der Waals surface area (Å²) in [7, 11) is 4.06. The number of fused-ring (bicyclic) bond motifs is 1. The van der Waals surface area contributed by atoms with Crippen molar-refractivity contribution < 1.29 is 0 Å². The lowest BCUT2D eigenvalue weighted by atomic mass is 9.91. The molecule has 5 rings (SSSR count). The van der Waals surface area contributed by atoms with E-state index in [9.17, 15) is 0 Å². The number of hydrogen-bond acceptors (Lipinski definition) is 6. The van der Waals surface area contributed by atoms with Crippen LogP contribution >= 0.6 is 0 Å². The molecule has 2 heterocycles. The summed E-state index contributed by atoms with van der Waals surface area (Å²) >= 11 is 0. The quantitative estimate of drug-likeness (QED) is 0.443. The van der Waals surface area contributed by atoms with Crippen LogP contribution in [0.2, 0.25) is 0 Å². The molecule has 0 atom stereocenters. The number of aromatic nitrogens is 4. The minimum absolute atomic E-state index is 0.411. The summed E-state index contributed by atoms with van der Waals surface area (Å²) in [4.78, 5) is 15.7. The van der Waals surface area contributed by atoms with E-state index in [4.69, 9.17) is 9.97 Å². The van der Waals surface area contributed by atoms with E-state index in [0.29, 0.717) is 12.1 Å². The molecule has 0 amide bonds. The van der Waals surface area contributed by atoms with Gasteiger partial charge in [-0.2, -0.15) is 4.98 Å². The zero-order valence-corrected chi connectivity index (χ0v) is 19.3. The second-order valence-electron chi connectivity index (χ2n) is 8.99. The maximum absolute atomic E-state index is 4.80. The van der Waals surface area contributed by atoms with Gasteiger partial charge in [0, 0.05) is 56.2 Å². The Morgan fingerprint density at radius 3 is 2.42 bits per heavy atom. The summed E-state index contributed by atoms with van der Waals surface area (Å²) < 4.78 is 2.02. The molecule has 4 aromatic rings. The zero-order valence-electron chi connectivity index (χ0n) is 19.3. The molecular formula is C26H31N7. The lowest BCUT2D eigenvalue weighted by Crippen LogP contribution is -2.37. The third-order valence-electron chi connectivity index (χ3n) is 6.40. The number of rotatable bonds is 7. The highest BCUT2D eigenvalue weighted by atomic mass is 15.2. The first-order valence-corrected chi connectivity index (χ1v) is 11.7. The number of benzene rings is 2. The van der Waals surface area contributed by atoms with Crippen LogP contribution in [0.25, 0.3) is 16.6 Å². The molecule has 7 heteroatoms. The second kappa shape index (κ2) is 9.58. The number of nitrogens with zero attached hydrogens (tertiary/aromatic N) is 5. The highest BCUT2D eigenvalue weighted by molar-refractivity contribution is 5.90. The van der Waals surface area contributed by atoms with Crippen LogP contribution in [0, 0.1) is 0 Å². The minimum Gasteiger partial charge on any atom is -0.362 e. The monoisotopic (exact) mass is 441 g/mol. The Hall–Kier alpha value is -3.45. The van der Waals surface area contributed by atoms with Gasteiger partial charge in [0.2, 0.25) is 5.95 Å². The SMILES string of the molecule is CN(C)c1nc(NC2CCC(NCc3ccc(-n4ccnc4)cc3)CC2)nc2ccccc12. The van der Waals surface area contributed by atoms with Crippen molar-refractivity contribution in [1.82, 2.24) is 24.8 Å². The average Bonchev–Trinajstić information content (AvgIpc) is 3.38. The summed E-state index contributed by atoms with van der Waals surface area (Å²) in [5, 5.41) is 8.42. The van der Waals surface area contributed by atoms with Crippen LogP contribution in [0.4, 0.5) is 11.8 Å². The molecule has 170 valence electrons. The molecule has 0 radical (unpaired) electrons. The first-order valence-electron chi connectivity index (χ1n) is 11.7. The lowest BCUT2D eigenvalue weighted by Gasteiger charge is -2.30. The smallest absolute Gasteiger partial charge is 0.225 e. The molecule has 2 N–H and O–H groups in total. The van der Waals surface area contributed by atoms with Gasteiger partial charge in [0.1, 0.15) is 5.82 Å². The van der Waals surface area contributed by atoms with E-state index < -0.39 is 0 Å². The summed E-state index contributed by atoms with van der Waals surface area (Å²) in [6.07, 6.45) is 10.1. The molecule has 1 aliphatic rings. The van der Waals surface area contributed by atoms with E-state index >= 15 is 0 Å². The van der Waals surface area contributed by atoms with Crippen LogP contribution in [-0.2, 0) is 6.54 Å². The van der Waals surface area contributed by atoms with Crippen molar-refractivity contribution in [3.63, 3.8) is 0 Å². The number of hydrogen-bond donors (Lipinski definition) is 2. The van der Waals surface area contributed by atoms with Gasteiger partial charge < -0.3 is 20.1 Å². The maximum atomic E-state index is 4.80. The van der Waals surface area contributed by atoms with Gasteiger partial charge in [-0.3, -0.25) is 0 Å². The Labute approximate surface area is 194 Å². The molecule has 0 spiro atoms. The number of imidazole rings is 1. The normalized spacial score (nSPS) is 18.4. The highest BCUT2D eigenvalue weighted by Crippen LogP contribution is 2.26. The molecular weight excluding hydrogens is 410 g/mol. The van der Waals surface area contributed by atoms with Crippen LogP contribution in [0.15, 0.2) is 67.3 Å². The fourth-order valence-corrected chi connectivity index (χ4v) is 4.55. The Bertz CT molecular complexity index is 1180. The van der Waals surface area contributed by atoms with E-state index in [1.165, 1.54) is 5.56 Å². The predicted molar refractivity (Wildman–Crippen MR) is 134 cm³/mol. The number of anilines is 2. The zero-order chi connectivity index (χ0) is 22.6. The highest BCUT2D eigenvalue weighted by Gasteiger charge is 2.22. The van der Waals surface area contributed by atoms with Gasteiger partial charge in [-0.15, -0.1) is 0 Å². The molecule has 0 unspecified atom stereocenters. The Morgan fingerprint density at radius 2 is 1.70 bits per heavy atom. The fraction of sp³-hybridized carbons (Fsp3) is 0.346. The molecule has 1 saturated carbocycles. The lowest BCUT2D eigenvalue weighted by molar-refractivity contribution is 0.352. The van der Waals surface area contributed by atoms with Gasteiger partial charge in [0.15, 0.2) is 0 Å². The Morgan fingerprint density at radius 1 is 0.939 bits per heavy atom. The van der Waals surface area contributed by atoms with Gasteiger partial charge in [-0.05, 0) is 55.5 Å². The standard InChI is InChI=1S/C26H31N7/c1-32(2)25-23-5-3-4-6-24(23)30-26(31-25)29-21-11-9-20(10-12-21)28-17-19-7-13-22(14-8-19)33-16-15-27-18-33/h3-8,13-16,18,20-21,28H,9-12,17H2,1-2H3,(H,29,30,31). The minimum atomic E-state index is 0.411. The summed E-state index contributed by atoms with van der Waals surface area (Å²) in [5.74, 6) is 1.68. The van der Waals surface area contributed by atoms with E-state index in [1.807, 2.05) is 43.3 Å². The molecule has 1 aliphatic carbocycles. The van der Waals surface area contributed by atoms with Crippen molar-refractivity contribution >= 4 is 22.7 Å². The third-order valence-corrected chi connectivity index (χ3v) is 6.40. The van der Waals surface area contributed by atoms with Crippen molar-refractivity contribution in [3.05, 3.63) is 72.8 Å². The van der Waals surface area contributed by atoms with E-state index in [0.717, 1.165) is 60.6 Å². The topological polar surface area (TPSA) is 70.9 Å². The van der Waals surface area contributed by atoms with E-state index in [1.54, 1.807) is 6.20 Å². The number of nitrogens with one attached hydrogen (secondary N) is 2. The largest absolute Gasteiger partial charge is 0.362 e. The van der Waals surface area contributed by atoms with Crippen molar-refractivity contribution in [2.75, 3.05) is 24.3 Å². The predicted octanol–water partition coefficient (Wildman–Crippen LogP) is 4.39. The van der Waals surface area contributed by atoms with Gasteiger partial charge in [0.05, 0.1) is 11.8 Å². The van der Waals surface area contributed by atoms with Crippen LogP contribution in [0.1, 0.15) is 31.2 Å². The van der Waals surface area contributed by atoms with Crippen LogP contribution in [-0.4, -0.2) is 45.7 Å². The average molecular weight is 442 g/mol. The first-order chi connectivity index (χ1) is 16.2. The summed E-state index contributed by atoms with van der Waals surface area (Å²) in [6, 6.07) is 17.8. The van der Waals surface area contributed by atoms with Gasteiger partial charge >= 0.3 is 0 Å². The summed E-state index contributed by atoms with van der Waals surface area (Å²) in [5.41, 5.74) is 3.42. The molecule has 1 fully saturated rings. The summed E-state index contributed by atoms with van der Waals surface area (Å²) in [6.45, 7) is 0.896. The van der Waals surface area contributed by atoms with Crippen LogP contribution in [0.5, 0.6) is 0 Å². The first kappa shape index (κ1) is 21.4. The molecule has 0 bridgehead atoms. The molecule has 2 aromatic heterocycles. The van der Waals surface area contributed by atoms with Crippen molar-refractivity contribution in [3.8, 4) is 5.69 Å². The van der Waals surface area contributed by atoms with Gasteiger partial charge in [-0.1, -0.05) is 24.3 Å². The molecule has 0 saturated heterocycles. The molecule has 7 nitrogen and oxygen atoms in total. The Kier molecular flexibility index (Phi) is 6.21. The van der Waals surface area contributed by atoms with E-state index in [2.05, 4.69) is 56.9 Å².